The van der Waals surface area contributed by atoms with Crippen molar-refractivity contribution in [3.05, 3.63) is 47.8 Å². The first-order chi connectivity index (χ1) is 9.10. The molecule has 0 aliphatic carbocycles. The van der Waals surface area contributed by atoms with Crippen LogP contribution in [0.5, 0.6) is 0 Å². The first-order valence-electron chi connectivity index (χ1n) is 6.67. The summed E-state index contributed by atoms with van der Waals surface area (Å²) in [5, 5.41) is 7.82. The largest absolute Gasteiger partial charge is 0.377 e. The van der Waals surface area contributed by atoms with Gasteiger partial charge in [-0.3, -0.25) is 4.68 Å². The van der Waals surface area contributed by atoms with Gasteiger partial charge in [0, 0.05) is 30.0 Å². The lowest BCUT2D eigenvalue weighted by Crippen LogP contribution is -2.20. The van der Waals surface area contributed by atoms with E-state index in [0.29, 0.717) is 12.6 Å². The number of anilines is 1. The Morgan fingerprint density at radius 3 is 2.74 bits per heavy atom. The SMILES string of the molecule is Cc1cccc(NC(CN)c2cnn(C(C)C)c2)c1. The van der Waals surface area contributed by atoms with Gasteiger partial charge in [-0.25, -0.2) is 0 Å². The fourth-order valence-electron chi connectivity index (χ4n) is 2.03. The maximum absolute atomic E-state index is 5.88. The Morgan fingerprint density at radius 1 is 1.37 bits per heavy atom. The second kappa shape index (κ2) is 5.89. The molecule has 0 fully saturated rings. The van der Waals surface area contributed by atoms with Gasteiger partial charge in [0.25, 0.3) is 0 Å². The maximum atomic E-state index is 5.88. The molecular formula is C15H22N4. The molecular weight excluding hydrogens is 236 g/mol. The van der Waals surface area contributed by atoms with Crippen LogP contribution in [0, 0.1) is 6.92 Å². The predicted molar refractivity (Wildman–Crippen MR) is 79.2 cm³/mol. The summed E-state index contributed by atoms with van der Waals surface area (Å²) < 4.78 is 1.95. The van der Waals surface area contributed by atoms with Crippen molar-refractivity contribution in [1.29, 1.82) is 0 Å². The molecule has 1 aromatic heterocycles. The van der Waals surface area contributed by atoms with Gasteiger partial charge in [0.2, 0.25) is 0 Å². The van der Waals surface area contributed by atoms with Crippen molar-refractivity contribution in [3.63, 3.8) is 0 Å². The Morgan fingerprint density at radius 2 is 2.16 bits per heavy atom. The Balaban J connectivity index is 2.15. The molecule has 2 rings (SSSR count). The summed E-state index contributed by atoms with van der Waals surface area (Å²) in [6.07, 6.45) is 3.95. The zero-order valence-electron chi connectivity index (χ0n) is 11.8. The summed E-state index contributed by atoms with van der Waals surface area (Å²) in [7, 11) is 0. The first-order valence-corrected chi connectivity index (χ1v) is 6.67. The van der Waals surface area contributed by atoms with Crippen LogP contribution in [0.15, 0.2) is 36.7 Å². The lowest BCUT2D eigenvalue weighted by molar-refractivity contribution is 0.531. The molecule has 0 spiro atoms. The van der Waals surface area contributed by atoms with Gasteiger partial charge in [-0.15, -0.1) is 0 Å². The van der Waals surface area contributed by atoms with Crippen molar-refractivity contribution < 1.29 is 0 Å². The molecule has 0 radical (unpaired) electrons. The average Bonchev–Trinajstić information content (AvgIpc) is 2.85. The van der Waals surface area contributed by atoms with Crippen LogP contribution in [-0.4, -0.2) is 16.3 Å². The number of benzene rings is 1. The molecule has 0 amide bonds. The Bertz CT molecular complexity index is 530. The van der Waals surface area contributed by atoms with E-state index in [-0.39, 0.29) is 6.04 Å². The number of rotatable bonds is 5. The minimum Gasteiger partial charge on any atom is -0.377 e. The van der Waals surface area contributed by atoms with Gasteiger partial charge in [0.1, 0.15) is 0 Å². The van der Waals surface area contributed by atoms with E-state index in [1.54, 1.807) is 0 Å². The van der Waals surface area contributed by atoms with Crippen LogP contribution < -0.4 is 11.1 Å². The van der Waals surface area contributed by atoms with E-state index in [0.717, 1.165) is 11.3 Å². The molecule has 19 heavy (non-hydrogen) atoms. The number of nitrogens with one attached hydrogen (secondary N) is 1. The van der Waals surface area contributed by atoms with Crippen molar-refractivity contribution in [1.82, 2.24) is 9.78 Å². The standard InChI is InChI=1S/C15H22N4/c1-11(2)19-10-13(9-17-19)15(8-16)18-14-6-4-5-12(3)7-14/h4-7,9-11,15,18H,8,16H2,1-3H3. The summed E-state index contributed by atoms with van der Waals surface area (Å²) in [6, 6.07) is 8.76. The molecule has 1 aromatic carbocycles. The summed E-state index contributed by atoms with van der Waals surface area (Å²) in [6.45, 7) is 6.85. The lowest BCUT2D eigenvalue weighted by Gasteiger charge is -2.17. The Labute approximate surface area is 114 Å². The van der Waals surface area contributed by atoms with Crippen LogP contribution in [-0.2, 0) is 0 Å². The number of aryl methyl sites for hydroxylation is 1. The van der Waals surface area contributed by atoms with E-state index >= 15 is 0 Å². The fraction of sp³-hybridized carbons (Fsp3) is 0.400. The molecule has 2 aromatic rings. The minimum atomic E-state index is 0.0919. The van der Waals surface area contributed by atoms with Crippen molar-refractivity contribution in [2.24, 2.45) is 5.73 Å². The van der Waals surface area contributed by atoms with Gasteiger partial charge in [-0.1, -0.05) is 12.1 Å². The molecule has 102 valence electrons. The van der Waals surface area contributed by atoms with E-state index < -0.39 is 0 Å². The second-order valence-corrected chi connectivity index (χ2v) is 5.15. The zero-order chi connectivity index (χ0) is 13.8. The topological polar surface area (TPSA) is 55.9 Å². The molecule has 4 nitrogen and oxygen atoms in total. The third kappa shape index (κ3) is 3.35. The number of hydrogen-bond donors (Lipinski definition) is 2. The molecule has 3 N–H and O–H groups in total. The smallest absolute Gasteiger partial charge is 0.0667 e. The van der Waals surface area contributed by atoms with Crippen LogP contribution in [0.2, 0.25) is 0 Å². The van der Waals surface area contributed by atoms with Crippen molar-refractivity contribution in [2.45, 2.75) is 32.9 Å². The van der Waals surface area contributed by atoms with Gasteiger partial charge in [-0.2, -0.15) is 5.10 Å². The Kier molecular flexibility index (Phi) is 4.22. The molecule has 0 bridgehead atoms. The van der Waals surface area contributed by atoms with Crippen LogP contribution in [0.25, 0.3) is 0 Å². The highest BCUT2D eigenvalue weighted by Crippen LogP contribution is 2.20. The van der Waals surface area contributed by atoms with Crippen LogP contribution in [0.4, 0.5) is 5.69 Å². The third-order valence-corrected chi connectivity index (χ3v) is 3.15. The highest BCUT2D eigenvalue weighted by atomic mass is 15.3. The van der Waals surface area contributed by atoms with E-state index in [2.05, 4.69) is 55.6 Å². The fourth-order valence-corrected chi connectivity index (χ4v) is 2.03. The molecule has 4 heteroatoms. The third-order valence-electron chi connectivity index (χ3n) is 3.15. The van der Waals surface area contributed by atoms with Crippen molar-refractivity contribution in [2.75, 3.05) is 11.9 Å². The number of hydrogen-bond acceptors (Lipinski definition) is 3. The van der Waals surface area contributed by atoms with E-state index in [1.165, 1.54) is 5.56 Å². The first kappa shape index (κ1) is 13.6. The van der Waals surface area contributed by atoms with E-state index in [9.17, 15) is 0 Å². The summed E-state index contributed by atoms with van der Waals surface area (Å²) >= 11 is 0. The summed E-state index contributed by atoms with van der Waals surface area (Å²) in [5.74, 6) is 0. The number of aromatic nitrogens is 2. The van der Waals surface area contributed by atoms with Crippen molar-refractivity contribution in [3.8, 4) is 0 Å². The van der Waals surface area contributed by atoms with Crippen LogP contribution in [0.1, 0.15) is 37.1 Å². The highest BCUT2D eigenvalue weighted by Gasteiger charge is 2.12. The van der Waals surface area contributed by atoms with E-state index in [1.807, 2.05) is 16.9 Å². The average molecular weight is 258 g/mol. The zero-order valence-corrected chi connectivity index (χ0v) is 11.8. The number of nitrogens with zero attached hydrogens (tertiary/aromatic N) is 2. The molecule has 0 saturated carbocycles. The molecule has 0 saturated heterocycles. The normalized spacial score (nSPS) is 12.7. The highest BCUT2D eigenvalue weighted by molar-refractivity contribution is 5.47. The Hall–Kier alpha value is -1.81. The summed E-state index contributed by atoms with van der Waals surface area (Å²) in [4.78, 5) is 0. The molecule has 1 unspecified atom stereocenters. The van der Waals surface area contributed by atoms with Gasteiger partial charge in [-0.05, 0) is 38.5 Å². The molecule has 0 aliphatic rings. The quantitative estimate of drug-likeness (QED) is 0.867. The molecule has 1 heterocycles. The predicted octanol–water partition coefficient (Wildman–Crippen LogP) is 2.88. The molecule has 0 aliphatic heterocycles. The van der Waals surface area contributed by atoms with Crippen molar-refractivity contribution >= 4 is 5.69 Å². The second-order valence-electron chi connectivity index (χ2n) is 5.15. The summed E-state index contributed by atoms with van der Waals surface area (Å²) in [5.41, 5.74) is 9.32. The van der Waals surface area contributed by atoms with Gasteiger partial charge in [0.05, 0.1) is 12.2 Å². The monoisotopic (exact) mass is 258 g/mol. The number of nitrogens with two attached hydrogens (primary N) is 1. The molecule has 1 atom stereocenters. The van der Waals surface area contributed by atoms with Gasteiger partial charge < -0.3 is 11.1 Å². The lowest BCUT2D eigenvalue weighted by atomic mass is 10.1. The van der Waals surface area contributed by atoms with E-state index in [4.69, 9.17) is 5.73 Å². The minimum absolute atomic E-state index is 0.0919. The van der Waals surface area contributed by atoms with Gasteiger partial charge >= 0.3 is 0 Å². The maximum Gasteiger partial charge on any atom is 0.0667 e. The van der Waals surface area contributed by atoms with Gasteiger partial charge in [0.15, 0.2) is 0 Å². The van der Waals surface area contributed by atoms with Crippen LogP contribution >= 0.6 is 0 Å². The van der Waals surface area contributed by atoms with Crippen LogP contribution in [0.3, 0.4) is 0 Å².